The van der Waals surface area contributed by atoms with Crippen molar-refractivity contribution < 1.29 is 0 Å². The van der Waals surface area contributed by atoms with Crippen molar-refractivity contribution in [3.63, 3.8) is 0 Å². The zero-order chi connectivity index (χ0) is 7.24. The lowest BCUT2D eigenvalue weighted by atomic mass is 9.86. The minimum Gasteiger partial charge on any atom is -0.325 e. The Labute approximate surface area is 61.0 Å². The van der Waals surface area contributed by atoms with Crippen LogP contribution >= 0.6 is 0 Å². The van der Waals surface area contributed by atoms with Crippen molar-refractivity contribution in [2.24, 2.45) is 11.1 Å². The maximum Gasteiger partial charge on any atom is 0.0690 e. The van der Waals surface area contributed by atoms with Crippen LogP contribution in [0.5, 0.6) is 0 Å². The van der Waals surface area contributed by atoms with Crippen molar-refractivity contribution in [1.29, 1.82) is 5.26 Å². The predicted molar refractivity (Wildman–Crippen MR) is 38.0 cm³/mol. The van der Waals surface area contributed by atoms with Crippen LogP contribution in [-0.2, 0) is 0 Å². The van der Waals surface area contributed by atoms with Crippen molar-refractivity contribution in [3.05, 3.63) is 0 Å². The van der Waals surface area contributed by atoms with Crippen LogP contribution in [0.1, 0.15) is 32.1 Å². The normalized spacial score (nSPS) is 51.2. The Hall–Kier alpha value is -0.550. The number of nitrogens with two attached hydrogens (primary N) is 1. The molecule has 2 aliphatic rings. The Morgan fingerprint density at radius 1 is 1.20 bits per heavy atom. The molecule has 0 atom stereocenters. The number of fused-ring (bicyclic) bond motifs is 2. The van der Waals surface area contributed by atoms with Crippen LogP contribution in [0.3, 0.4) is 0 Å². The van der Waals surface area contributed by atoms with E-state index in [1.807, 2.05) is 0 Å². The first kappa shape index (κ1) is 6.18. The first-order chi connectivity index (χ1) is 4.68. The van der Waals surface area contributed by atoms with Crippen molar-refractivity contribution >= 4 is 0 Å². The first-order valence-corrected chi connectivity index (χ1v) is 3.88. The Morgan fingerprint density at radius 2 is 1.80 bits per heavy atom. The summed E-state index contributed by atoms with van der Waals surface area (Å²) >= 11 is 0. The average molecular weight is 136 g/mol. The fourth-order valence-corrected chi connectivity index (χ4v) is 2.41. The van der Waals surface area contributed by atoms with E-state index < -0.39 is 0 Å². The molecule has 2 nitrogen and oxygen atoms in total. The van der Waals surface area contributed by atoms with Gasteiger partial charge in [0, 0.05) is 5.54 Å². The van der Waals surface area contributed by atoms with Gasteiger partial charge in [0.15, 0.2) is 0 Å². The van der Waals surface area contributed by atoms with Crippen molar-refractivity contribution in [2.45, 2.75) is 37.6 Å². The van der Waals surface area contributed by atoms with Crippen LogP contribution in [0, 0.1) is 16.7 Å². The molecule has 10 heavy (non-hydrogen) atoms. The quantitative estimate of drug-likeness (QED) is 0.543. The number of nitrogens with zero attached hydrogens (tertiary/aromatic N) is 1. The van der Waals surface area contributed by atoms with E-state index in [-0.39, 0.29) is 11.0 Å². The van der Waals surface area contributed by atoms with Gasteiger partial charge in [-0.25, -0.2) is 0 Å². The fourth-order valence-electron chi connectivity index (χ4n) is 2.41. The van der Waals surface area contributed by atoms with Crippen LogP contribution in [-0.4, -0.2) is 5.54 Å². The minimum atomic E-state index is -0.00521. The van der Waals surface area contributed by atoms with Gasteiger partial charge in [0.1, 0.15) is 0 Å². The van der Waals surface area contributed by atoms with E-state index in [1.54, 1.807) is 0 Å². The molecule has 2 aliphatic carbocycles. The highest BCUT2D eigenvalue weighted by Gasteiger charge is 2.52. The molecule has 0 aromatic carbocycles. The van der Waals surface area contributed by atoms with E-state index in [2.05, 4.69) is 6.07 Å². The van der Waals surface area contributed by atoms with Crippen LogP contribution in [0.2, 0.25) is 0 Å². The molecule has 0 amide bonds. The topological polar surface area (TPSA) is 49.8 Å². The Morgan fingerprint density at radius 3 is 2.00 bits per heavy atom. The molecule has 2 fully saturated rings. The van der Waals surface area contributed by atoms with E-state index in [9.17, 15) is 0 Å². The third-order valence-electron chi connectivity index (χ3n) is 3.13. The molecule has 2 rings (SSSR count). The third kappa shape index (κ3) is 0.615. The summed E-state index contributed by atoms with van der Waals surface area (Å²) in [6.07, 6.45) is 5.18. The van der Waals surface area contributed by atoms with Crippen LogP contribution < -0.4 is 5.73 Å². The van der Waals surface area contributed by atoms with Gasteiger partial charge in [-0.05, 0) is 32.1 Å². The van der Waals surface area contributed by atoms with Gasteiger partial charge in [0.25, 0.3) is 0 Å². The lowest BCUT2D eigenvalue weighted by molar-refractivity contribution is 0.379. The molecule has 0 radical (unpaired) electrons. The van der Waals surface area contributed by atoms with E-state index >= 15 is 0 Å². The van der Waals surface area contributed by atoms with Crippen molar-refractivity contribution in [2.75, 3.05) is 0 Å². The number of hydrogen-bond donors (Lipinski definition) is 1. The summed E-state index contributed by atoms with van der Waals surface area (Å²) in [5, 5.41) is 8.85. The van der Waals surface area contributed by atoms with Crippen LogP contribution in [0.15, 0.2) is 0 Å². The zero-order valence-corrected chi connectivity index (χ0v) is 6.06. The Balaban J connectivity index is 2.29. The maximum absolute atomic E-state index is 8.85. The summed E-state index contributed by atoms with van der Waals surface area (Å²) in [5.41, 5.74) is 6.06. The van der Waals surface area contributed by atoms with Crippen LogP contribution in [0.4, 0.5) is 0 Å². The third-order valence-corrected chi connectivity index (χ3v) is 3.13. The zero-order valence-electron chi connectivity index (χ0n) is 6.06. The molecule has 0 spiro atoms. The standard InChI is InChI=1S/C8H12N2/c9-6-7-1-3-8(10,5-7)4-2-7/h1-5,10H2. The molecule has 54 valence electrons. The molecule has 2 heteroatoms. The molecule has 0 heterocycles. The minimum absolute atomic E-state index is 0.00521. The fraction of sp³-hybridized carbons (Fsp3) is 0.875. The molecule has 0 aromatic rings. The van der Waals surface area contributed by atoms with E-state index in [0.29, 0.717) is 0 Å². The van der Waals surface area contributed by atoms with Gasteiger partial charge in [-0.15, -0.1) is 0 Å². The highest BCUT2D eigenvalue weighted by atomic mass is 14.8. The summed E-state index contributed by atoms with van der Waals surface area (Å²) in [7, 11) is 0. The summed E-state index contributed by atoms with van der Waals surface area (Å²) in [5.74, 6) is 0. The molecular formula is C8H12N2. The second-order valence-electron chi connectivity index (χ2n) is 3.93. The van der Waals surface area contributed by atoms with Gasteiger partial charge in [-0.3, -0.25) is 0 Å². The van der Waals surface area contributed by atoms with Gasteiger partial charge in [-0.2, -0.15) is 5.26 Å². The van der Waals surface area contributed by atoms with E-state index in [4.69, 9.17) is 11.0 Å². The lowest BCUT2D eigenvalue weighted by Gasteiger charge is -2.20. The first-order valence-electron chi connectivity index (χ1n) is 3.88. The summed E-state index contributed by atoms with van der Waals surface area (Å²) in [6.45, 7) is 0. The number of nitriles is 1. The van der Waals surface area contributed by atoms with E-state index in [0.717, 1.165) is 32.1 Å². The smallest absolute Gasteiger partial charge is 0.0690 e. The van der Waals surface area contributed by atoms with Crippen molar-refractivity contribution in [1.82, 2.24) is 0 Å². The predicted octanol–water partition coefficient (Wildman–Crippen LogP) is 1.17. The average Bonchev–Trinajstić information content (AvgIpc) is 2.42. The molecule has 2 saturated carbocycles. The Bertz CT molecular complexity index is 194. The van der Waals surface area contributed by atoms with Crippen molar-refractivity contribution in [3.8, 4) is 6.07 Å². The molecule has 0 unspecified atom stereocenters. The van der Waals surface area contributed by atoms with Crippen LogP contribution in [0.25, 0.3) is 0 Å². The SMILES string of the molecule is N#CC12CCC(N)(CC1)C2. The van der Waals surface area contributed by atoms with Gasteiger partial charge in [-0.1, -0.05) is 0 Å². The van der Waals surface area contributed by atoms with Gasteiger partial charge >= 0.3 is 0 Å². The van der Waals surface area contributed by atoms with Gasteiger partial charge in [0.2, 0.25) is 0 Å². The highest BCUT2D eigenvalue weighted by molar-refractivity contribution is 5.16. The van der Waals surface area contributed by atoms with Gasteiger partial charge < -0.3 is 5.73 Å². The summed E-state index contributed by atoms with van der Waals surface area (Å²) < 4.78 is 0. The van der Waals surface area contributed by atoms with E-state index in [1.165, 1.54) is 0 Å². The highest BCUT2D eigenvalue weighted by Crippen LogP contribution is 2.54. The molecule has 0 aromatic heterocycles. The molecule has 0 aliphatic heterocycles. The largest absolute Gasteiger partial charge is 0.325 e. The molecular weight excluding hydrogens is 124 g/mol. The second-order valence-corrected chi connectivity index (χ2v) is 3.93. The molecule has 2 N–H and O–H groups in total. The Kier molecular flexibility index (Phi) is 0.952. The molecule has 2 bridgehead atoms. The number of rotatable bonds is 0. The number of hydrogen-bond acceptors (Lipinski definition) is 2. The van der Waals surface area contributed by atoms with Gasteiger partial charge in [0.05, 0.1) is 11.5 Å². The second kappa shape index (κ2) is 1.54. The summed E-state index contributed by atoms with van der Waals surface area (Å²) in [6, 6.07) is 2.41. The monoisotopic (exact) mass is 136 g/mol. The lowest BCUT2D eigenvalue weighted by Crippen LogP contribution is -2.33. The maximum atomic E-state index is 8.85. The summed E-state index contributed by atoms with van der Waals surface area (Å²) in [4.78, 5) is 0. The molecule has 0 saturated heterocycles.